The van der Waals surface area contributed by atoms with E-state index in [9.17, 15) is 5.26 Å². The van der Waals surface area contributed by atoms with Crippen LogP contribution < -0.4 is 0 Å². The van der Waals surface area contributed by atoms with E-state index in [0.29, 0.717) is 28.5 Å². The van der Waals surface area contributed by atoms with Crippen LogP contribution in [0.5, 0.6) is 0 Å². The Labute approximate surface area is 508 Å². The molecule has 3 heterocycles. The van der Waals surface area contributed by atoms with Crippen molar-refractivity contribution >= 4 is 60.7 Å². The number of nitriles is 1. The first-order valence-corrected chi connectivity index (χ1v) is 28.8. The highest BCUT2D eigenvalue weighted by molar-refractivity contribution is 6.14. The summed E-state index contributed by atoms with van der Waals surface area (Å²) < 4.78 is 4.75. The van der Waals surface area contributed by atoms with E-state index < -0.39 is 0 Å². The second-order valence-corrected chi connectivity index (χ2v) is 21.7. The van der Waals surface area contributed by atoms with Crippen LogP contribution >= 0.6 is 0 Å². The molecule has 3 aromatic heterocycles. The maximum absolute atomic E-state index is 9.98. The van der Waals surface area contributed by atoms with Crippen LogP contribution in [0, 0.1) is 31.0 Å². The largest absolute Gasteiger partial charge is 0.309 e. The zero-order chi connectivity index (χ0) is 59.2. The normalized spacial score (nSPS) is 11.1. The lowest BCUT2D eigenvalue weighted by molar-refractivity contribution is 1.16. The molecular weight excluding hydrogens is 1070 g/mol. The SMILES string of the molecule is [C-]#[N+]c1cccc(-c2ccc3c(c2)c2cc(-c4cccc(C#N)c4)ccc2n3-c2ccccc2-c2cc(-c3cc(-c4ccccc4)nc(-c4ccccc4)n3)ccc2-n2c3ccc(-c4cccc([N+]#[C-])c4)cc3c3cc(-c4cccc([N+]#[C-])c4)ccc32)c1. The number of aromatic nitrogens is 4. The quantitative estimate of drug-likeness (QED) is 0.128. The zero-order valence-electron chi connectivity index (χ0n) is 47.1. The summed E-state index contributed by atoms with van der Waals surface area (Å²) in [5.41, 5.74) is 22.1. The average molecular weight is 1120 g/mol. The van der Waals surface area contributed by atoms with Gasteiger partial charge in [0.25, 0.3) is 0 Å². The van der Waals surface area contributed by atoms with E-state index in [-0.39, 0.29) is 0 Å². The standard InChI is InChI=1S/C80H46N8/c1-82-63-25-13-22-55(41-63)59-31-36-77-69(45-59)68-44-58(54-21-12-16-51(40-54)50-81)30-35-76(68)87(77)74-29-11-10-28-66(74)67-48-62(73-49-72(52-17-6-4-7-18-52)85-80(86-73)53-19-8-5-9-20-53)34-39-75(67)88-78-37-32-60(56-23-14-26-64(42-56)83-2)46-70(78)71-47-61(33-38-79(71)88)57-24-15-27-65(43-57)84-3/h4-49H. The Morgan fingerprint density at radius 3 is 1.14 bits per heavy atom. The highest BCUT2D eigenvalue weighted by atomic mass is 15.0. The van der Waals surface area contributed by atoms with Gasteiger partial charge in [0, 0.05) is 49.4 Å². The van der Waals surface area contributed by atoms with E-state index in [1.54, 1.807) is 0 Å². The Kier molecular flexibility index (Phi) is 12.9. The summed E-state index contributed by atoms with van der Waals surface area (Å²) in [5.74, 6) is 0.616. The first-order chi connectivity index (χ1) is 43.4. The van der Waals surface area contributed by atoms with Gasteiger partial charge in [-0.05, 0) is 148 Å². The zero-order valence-corrected chi connectivity index (χ0v) is 47.1. The fraction of sp³-hybridized carbons (Fsp3) is 0. The number of nitrogens with zero attached hydrogens (tertiary/aromatic N) is 8. The lowest BCUT2D eigenvalue weighted by Crippen LogP contribution is -2.02. The summed E-state index contributed by atoms with van der Waals surface area (Å²) in [6, 6.07) is 97.5. The molecule has 15 rings (SSSR count). The fourth-order valence-electron chi connectivity index (χ4n) is 12.4. The number of fused-ring (bicyclic) bond motifs is 6. The molecule has 0 atom stereocenters. The minimum Gasteiger partial charge on any atom is -0.309 e. The first-order valence-electron chi connectivity index (χ1n) is 28.8. The number of hydrogen-bond acceptors (Lipinski definition) is 3. The summed E-state index contributed by atoms with van der Waals surface area (Å²) in [7, 11) is 0. The van der Waals surface area contributed by atoms with Crippen molar-refractivity contribution in [1.29, 1.82) is 5.26 Å². The first kappa shape index (κ1) is 52.1. The molecule has 0 aliphatic heterocycles. The van der Waals surface area contributed by atoms with Gasteiger partial charge in [-0.3, -0.25) is 0 Å². The lowest BCUT2D eigenvalue weighted by Gasteiger charge is -2.20. The van der Waals surface area contributed by atoms with Crippen LogP contribution in [0.1, 0.15) is 5.56 Å². The van der Waals surface area contributed by atoms with Gasteiger partial charge in [0.15, 0.2) is 22.9 Å². The number of hydrogen-bond donors (Lipinski definition) is 0. The molecule has 0 radical (unpaired) electrons. The summed E-state index contributed by atoms with van der Waals surface area (Å²) in [6.07, 6.45) is 0. The van der Waals surface area contributed by atoms with E-state index in [1.807, 2.05) is 127 Å². The van der Waals surface area contributed by atoms with Gasteiger partial charge in [0.1, 0.15) is 0 Å². The molecule has 0 N–H and O–H groups in total. The Morgan fingerprint density at radius 2 is 0.670 bits per heavy atom. The highest BCUT2D eigenvalue weighted by Gasteiger charge is 2.24. The van der Waals surface area contributed by atoms with Crippen molar-refractivity contribution in [2.75, 3.05) is 0 Å². The molecule has 0 aliphatic rings. The van der Waals surface area contributed by atoms with Gasteiger partial charge in [-0.25, -0.2) is 24.5 Å². The van der Waals surface area contributed by atoms with E-state index >= 15 is 0 Å². The third kappa shape index (κ3) is 9.26. The van der Waals surface area contributed by atoms with E-state index in [1.165, 1.54) is 0 Å². The Balaban J connectivity index is 1.02. The molecule has 8 nitrogen and oxygen atoms in total. The Bertz CT molecular complexity index is 5220. The van der Waals surface area contributed by atoms with Gasteiger partial charge in [0.2, 0.25) is 0 Å². The van der Waals surface area contributed by atoms with Crippen molar-refractivity contribution in [3.8, 4) is 107 Å². The second-order valence-electron chi connectivity index (χ2n) is 21.7. The molecule has 0 fully saturated rings. The van der Waals surface area contributed by atoms with Crippen LogP contribution in [0.3, 0.4) is 0 Å². The lowest BCUT2D eigenvalue weighted by atomic mass is 9.96. The smallest absolute Gasteiger partial charge is 0.187 e. The predicted octanol–water partition coefficient (Wildman–Crippen LogP) is 21.5. The number of benzene rings is 12. The maximum atomic E-state index is 9.98. The molecule has 88 heavy (non-hydrogen) atoms. The van der Waals surface area contributed by atoms with Crippen LogP contribution in [0.2, 0.25) is 0 Å². The Hall–Kier alpha value is -12.7. The van der Waals surface area contributed by atoms with Crippen LogP contribution in [0.25, 0.3) is 159 Å². The van der Waals surface area contributed by atoms with Gasteiger partial charge >= 0.3 is 0 Å². The third-order valence-corrected chi connectivity index (χ3v) is 16.6. The third-order valence-electron chi connectivity index (χ3n) is 16.6. The summed E-state index contributed by atoms with van der Waals surface area (Å²) in [5, 5.41) is 14.1. The van der Waals surface area contributed by atoms with E-state index in [0.717, 1.165) is 139 Å². The molecule has 0 spiro atoms. The summed E-state index contributed by atoms with van der Waals surface area (Å²) >= 11 is 0. The van der Waals surface area contributed by atoms with Gasteiger partial charge in [-0.1, -0.05) is 176 Å². The molecule has 15 aromatic rings. The molecule has 0 saturated heterocycles. The van der Waals surface area contributed by atoms with Crippen molar-refractivity contribution in [2.24, 2.45) is 0 Å². The number of rotatable bonds is 10. The average Bonchev–Trinajstić information content (AvgIpc) is 1.63. The van der Waals surface area contributed by atoms with Crippen molar-refractivity contribution in [3.05, 3.63) is 319 Å². The predicted molar refractivity (Wildman–Crippen MR) is 358 cm³/mol. The van der Waals surface area contributed by atoms with Crippen molar-refractivity contribution in [2.45, 2.75) is 0 Å². The molecule has 0 amide bonds. The van der Waals surface area contributed by atoms with E-state index in [4.69, 9.17) is 29.7 Å². The van der Waals surface area contributed by atoms with Crippen LogP contribution in [0.4, 0.5) is 17.1 Å². The van der Waals surface area contributed by atoms with Crippen molar-refractivity contribution in [3.63, 3.8) is 0 Å². The molecule has 0 unspecified atom stereocenters. The van der Waals surface area contributed by atoms with Crippen LogP contribution in [-0.2, 0) is 0 Å². The summed E-state index contributed by atoms with van der Waals surface area (Å²) in [4.78, 5) is 21.9. The van der Waals surface area contributed by atoms with E-state index in [2.05, 4.69) is 181 Å². The summed E-state index contributed by atoms with van der Waals surface area (Å²) in [6.45, 7) is 23.6. The highest BCUT2D eigenvalue weighted by Crippen LogP contribution is 2.46. The Morgan fingerprint density at radius 1 is 0.295 bits per heavy atom. The van der Waals surface area contributed by atoms with Crippen LogP contribution in [-0.4, -0.2) is 19.1 Å². The topological polar surface area (TPSA) is 72.5 Å². The minimum absolute atomic E-state index is 0.571. The fourth-order valence-corrected chi connectivity index (χ4v) is 12.4. The van der Waals surface area contributed by atoms with Crippen LogP contribution in [0.15, 0.2) is 279 Å². The monoisotopic (exact) mass is 1120 g/mol. The molecule has 8 heteroatoms. The van der Waals surface area contributed by atoms with Gasteiger partial charge in [-0.15, -0.1) is 0 Å². The number of para-hydroxylation sites is 1. The van der Waals surface area contributed by atoms with Crippen molar-refractivity contribution in [1.82, 2.24) is 19.1 Å². The minimum atomic E-state index is 0.571. The van der Waals surface area contributed by atoms with Gasteiger partial charge in [-0.2, -0.15) is 5.26 Å². The molecule has 406 valence electrons. The van der Waals surface area contributed by atoms with Gasteiger partial charge in [0.05, 0.1) is 76.2 Å². The van der Waals surface area contributed by atoms with Crippen molar-refractivity contribution < 1.29 is 0 Å². The molecule has 0 saturated carbocycles. The molecule has 12 aromatic carbocycles. The van der Waals surface area contributed by atoms with Gasteiger partial charge < -0.3 is 9.13 Å². The molecular formula is C80H46N8. The molecule has 0 aliphatic carbocycles. The molecule has 0 bridgehead atoms. The maximum Gasteiger partial charge on any atom is 0.187 e. The second kappa shape index (κ2) is 21.8.